The van der Waals surface area contributed by atoms with Crippen molar-refractivity contribution in [2.24, 2.45) is 0 Å². The Morgan fingerprint density at radius 3 is 2.62 bits per heavy atom. The van der Waals surface area contributed by atoms with E-state index in [1.807, 2.05) is 0 Å². The lowest BCUT2D eigenvalue weighted by Crippen LogP contribution is -2.13. The van der Waals surface area contributed by atoms with Crippen molar-refractivity contribution in [3.63, 3.8) is 0 Å². The molecule has 0 aliphatic heterocycles. The third-order valence-corrected chi connectivity index (χ3v) is 2.58. The normalized spacial score (nSPS) is 10.9. The van der Waals surface area contributed by atoms with Crippen molar-refractivity contribution in [2.75, 3.05) is 0 Å². The van der Waals surface area contributed by atoms with E-state index in [4.69, 9.17) is 5.26 Å². The van der Waals surface area contributed by atoms with Gasteiger partial charge in [0.05, 0.1) is 16.0 Å². The van der Waals surface area contributed by atoms with E-state index in [9.17, 15) is 5.11 Å². The van der Waals surface area contributed by atoms with Gasteiger partial charge in [-0.3, -0.25) is 0 Å². The summed E-state index contributed by atoms with van der Waals surface area (Å²) in [5, 5.41) is 18.6. The predicted molar refractivity (Wildman–Crippen MR) is 54.4 cm³/mol. The molecule has 0 radical (unpaired) electrons. The van der Waals surface area contributed by atoms with E-state index in [1.54, 1.807) is 32.0 Å². The van der Waals surface area contributed by atoms with E-state index in [-0.39, 0.29) is 5.75 Å². The molecule has 0 spiro atoms. The van der Waals surface area contributed by atoms with Crippen molar-refractivity contribution < 1.29 is 5.11 Å². The van der Waals surface area contributed by atoms with Crippen LogP contribution in [0.25, 0.3) is 0 Å². The maximum Gasteiger partial charge on any atom is 0.134 e. The molecule has 1 aromatic carbocycles. The number of nitrogens with zero attached hydrogens (tertiary/aromatic N) is 1. The monoisotopic (exact) mass is 239 g/mol. The molecule has 0 aliphatic rings. The summed E-state index contributed by atoms with van der Waals surface area (Å²) in [6, 6.07) is 7.44. The van der Waals surface area contributed by atoms with E-state index >= 15 is 0 Å². The number of aromatic hydroxyl groups is 1. The number of para-hydroxylation sites is 1. The SMILES string of the molecule is CC(C)(C#N)c1cccc(Br)c1O. The highest BCUT2D eigenvalue weighted by molar-refractivity contribution is 9.10. The Labute approximate surface area is 85.9 Å². The molecular formula is C10H10BrNO. The second-order valence-corrected chi connectivity index (χ2v) is 4.23. The van der Waals surface area contributed by atoms with Gasteiger partial charge in [-0.15, -0.1) is 0 Å². The van der Waals surface area contributed by atoms with E-state index in [1.165, 1.54) is 0 Å². The van der Waals surface area contributed by atoms with Crippen molar-refractivity contribution in [2.45, 2.75) is 19.3 Å². The van der Waals surface area contributed by atoms with Crippen molar-refractivity contribution in [1.29, 1.82) is 5.26 Å². The minimum Gasteiger partial charge on any atom is -0.506 e. The highest BCUT2D eigenvalue weighted by Gasteiger charge is 2.23. The summed E-state index contributed by atoms with van der Waals surface area (Å²) in [7, 11) is 0. The Kier molecular flexibility index (Phi) is 2.63. The van der Waals surface area contributed by atoms with E-state index in [2.05, 4.69) is 22.0 Å². The summed E-state index contributed by atoms with van der Waals surface area (Å²) >= 11 is 3.21. The van der Waals surface area contributed by atoms with E-state index in [0.29, 0.717) is 10.0 Å². The molecule has 2 nitrogen and oxygen atoms in total. The lowest BCUT2D eigenvalue weighted by atomic mass is 9.86. The minimum atomic E-state index is -0.659. The number of hydrogen-bond acceptors (Lipinski definition) is 2. The molecule has 1 N–H and O–H groups in total. The minimum absolute atomic E-state index is 0.147. The molecule has 0 aliphatic carbocycles. The van der Waals surface area contributed by atoms with Gasteiger partial charge in [0.15, 0.2) is 0 Å². The summed E-state index contributed by atoms with van der Waals surface area (Å²) in [6.07, 6.45) is 0. The van der Waals surface area contributed by atoms with Crippen LogP contribution in [0.4, 0.5) is 0 Å². The van der Waals surface area contributed by atoms with Gasteiger partial charge < -0.3 is 5.11 Å². The fourth-order valence-electron chi connectivity index (χ4n) is 1.08. The summed E-state index contributed by atoms with van der Waals surface area (Å²) < 4.78 is 0.619. The van der Waals surface area contributed by atoms with Crippen LogP contribution in [0.15, 0.2) is 22.7 Å². The van der Waals surface area contributed by atoms with Gasteiger partial charge in [-0.1, -0.05) is 12.1 Å². The maximum atomic E-state index is 9.67. The van der Waals surface area contributed by atoms with Gasteiger partial charge in [-0.05, 0) is 35.8 Å². The fourth-order valence-corrected chi connectivity index (χ4v) is 1.45. The fraction of sp³-hybridized carbons (Fsp3) is 0.300. The first-order valence-corrected chi connectivity index (χ1v) is 4.67. The number of phenols is 1. The molecule has 3 heteroatoms. The molecule has 0 aromatic heterocycles. The zero-order valence-electron chi connectivity index (χ0n) is 7.50. The van der Waals surface area contributed by atoms with Gasteiger partial charge in [0.1, 0.15) is 5.75 Å². The molecule has 13 heavy (non-hydrogen) atoms. The van der Waals surface area contributed by atoms with Crippen LogP contribution in [0.2, 0.25) is 0 Å². The Hall–Kier alpha value is -1.01. The molecule has 1 rings (SSSR count). The number of rotatable bonds is 1. The molecule has 0 saturated carbocycles. The molecule has 0 unspecified atom stereocenters. The first-order chi connectivity index (χ1) is 5.99. The highest BCUT2D eigenvalue weighted by Crippen LogP contribution is 2.35. The summed E-state index contributed by atoms with van der Waals surface area (Å²) in [6.45, 7) is 3.54. The average Bonchev–Trinajstić information content (AvgIpc) is 2.09. The Morgan fingerprint density at radius 1 is 1.46 bits per heavy atom. The first kappa shape index (κ1) is 10.1. The van der Waals surface area contributed by atoms with Crippen LogP contribution < -0.4 is 0 Å². The summed E-state index contributed by atoms with van der Waals surface area (Å²) in [4.78, 5) is 0. The number of benzene rings is 1. The number of halogens is 1. The molecule has 1 aromatic rings. The number of hydrogen-bond donors (Lipinski definition) is 1. The smallest absolute Gasteiger partial charge is 0.134 e. The van der Waals surface area contributed by atoms with Crippen LogP contribution in [0.1, 0.15) is 19.4 Å². The van der Waals surface area contributed by atoms with Gasteiger partial charge in [0, 0.05) is 5.56 Å². The molecule has 0 atom stereocenters. The molecule has 0 fully saturated rings. The van der Waals surface area contributed by atoms with Crippen LogP contribution in [0.3, 0.4) is 0 Å². The topological polar surface area (TPSA) is 44.0 Å². The number of phenolic OH excluding ortho intramolecular Hbond substituents is 1. The summed E-state index contributed by atoms with van der Waals surface area (Å²) in [5.41, 5.74) is -0.0159. The van der Waals surface area contributed by atoms with Crippen molar-refractivity contribution >= 4 is 15.9 Å². The lowest BCUT2D eigenvalue weighted by molar-refractivity contribution is 0.453. The average molecular weight is 240 g/mol. The molecule has 0 amide bonds. The van der Waals surface area contributed by atoms with Gasteiger partial charge in [-0.25, -0.2) is 0 Å². The van der Waals surface area contributed by atoms with Gasteiger partial charge >= 0.3 is 0 Å². The van der Waals surface area contributed by atoms with Crippen molar-refractivity contribution in [1.82, 2.24) is 0 Å². The van der Waals surface area contributed by atoms with Gasteiger partial charge in [-0.2, -0.15) is 5.26 Å². The third-order valence-electron chi connectivity index (χ3n) is 1.94. The molecule has 0 heterocycles. The van der Waals surface area contributed by atoms with Crippen LogP contribution in [0.5, 0.6) is 5.75 Å². The zero-order valence-corrected chi connectivity index (χ0v) is 9.09. The number of nitriles is 1. The molecular weight excluding hydrogens is 230 g/mol. The largest absolute Gasteiger partial charge is 0.506 e. The van der Waals surface area contributed by atoms with Crippen molar-refractivity contribution in [3.05, 3.63) is 28.2 Å². The quantitative estimate of drug-likeness (QED) is 0.820. The molecule has 0 saturated heterocycles. The Morgan fingerprint density at radius 2 is 2.08 bits per heavy atom. The zero-order chi connectivity index (χ0) is 10.1. The van der Waals surface area contributed by atoms with Crippen LogP contribution >= 0.6 is 15.9 Å². The Bertz CT molecular complexity index is 366. The van der Waals surface area contributed by atoms with E-state index in [0.717, 1.165) is 0 Å². The van der Waals surface area contributed by atoms with Gasteiger partial charge in [0.25, 0.3) is 0 Å². The standard InChI is InChI=1S/C10H10BrNO/c1-10(2,6-12)7-4-3-5-8(11)9(7)13/h3-5,13H,1-2H3. The highest BCUT2D eigenvalue weighted by atomic mass is 79.9. The lowest BCUT2D eigenvalue weighted by Gasteiger charge is -2.17. The predicted octanol–water partition coefficient (Wildman–Crippen LogP) is 2.96. The second kappa shape index (κ2) is 3.39. The first-order valence-electron chi connectivity index (χ1n) is 3.88. The summed E-state index contributed by atoms with van der Waals surface area (Å²) in [5.74, 6) is 0.147. The van der Waals surface area contributed by atoms with Crippen LogP contribution in [0, 0.1) is 11.3 Å². The molecule has 0 bridgehead atoms. The van der Waals surface area contributed by atoms with Crippen LogP contribution in [-0.2, 0) is 5.41 Å². The Balaban J connectivity index is 3.33. The maximum absolute atomic E-state index is 9.67. The third kappa shape index (κ3) is 1.84. The van der Waals surface area contributed by atoms with Crippen molar-refractivity contribution in [3.8, 4) is 11.8 Å². The van der Waals surface area contributed by atoms with Crippen LogP contribution in [-0.4, -0.2) is 5.11 Å². The van der Waals surface area contributed by atoms with Gasteiger partial charge in [0.2, 0.25) is 0 Å². The van der Waals surface area contributed by atoms with E-state index < -0.39 is 5.41 Å². The second-order valence-electron chi connectivity index (χ2n) is 3.37. The molecule has 68 valence electrons.